The van der Waals surface area contributed by atoms with E-state index in [4.69, 9.17) is 33.5 Å². The van der Waals surface area contributed by atoms with Crippen molar-refractivity contribution in [3.05, 3.63) is 68.0 Å². The van der Waals surface area contributed by atoms with Gasteiger partial charge in [-0.15, -0.1) is 17.8 Å². The normalized spacial score (nSPS) is 16.3. The van der Waals surface area contributed by atoms with Gasteiger partial charge in [0, 0.05) is 16.4 Å². The van der Waals surface area contributed by atoms with E-state index in [0.717, 1.165) is 38.9 Å². The number of nitrogens with zero attached hydrogens (tertiary/aromatic N) is 1. The number of aryl methyl sites for hydroxylation is 3. The molecule has 0 radical (unpaired) electrons. The number of aromatic nitrogens is 1. The summed E-state index contributed by atoms with van der Waals surface area (Å²) in [5, 5.41) is 1.37. The van der Waals surface area contributed by atoms with Gasteiger partial charge in [-0.3, -0.25) is 0 Å². The van der Waals surface area contributed by atoms with Crippen LogP contribution in [0.25, 0.3) is 11.3 Å². The topological polar surface area (TPSA) is 48.1 Å². The number of rotatable bonds is 7. The van der Waals surface area contributed by atoms with Crippen LogP contribution in [0.4, 0.5) is 0 Å². The van der Waals surface area contributed by atoms with Crippen molar-refractivity contribution in [2.24, 2.45) is 11.7 Å². The minimum atomic E-state index is -0.987. The van der Waals surface area contributed by atoms with E-state index in [1.807, 2.05) is 26.0 Å². The van der Waals surface area contributed by atoms with E-state index in [1.54, 1.807) is 18.4 Å². The van der Waals surface area contributed by atoms with Crippen LogP contribution in [0.2, 0.25) is 5.02 Å². The first-order valence-electron chi connectivity index (χ1n) is 10.9. The summed E-state index contributed by atoms with van der Waals surface area (Å²) >= 11 is 8.18. The van der Waals surface area contributed by atoms with Crippen LogP contribution >= 0.6 is 22.9 Å². The van der Waals surface area contributed by atoms with Gasteiger partial charge in [0.1, 0.15) is 16.3 Å². The average Bonchev–Trinajstić information content (AvgIpc) is 3.53. The van der Waals surface area contributed by atoms with Crippen LogP contribution in [0.15, 0.2) is 36.4 Å². The van der Waals surface area contributed by atoms with Gasteiger partial charge in [0.2, 0.25) is 0 Å². The Morgan fingerprint density at radius 1 is 1.25 bits per heavy atom. The summed E-state index contributed by atoms with van der Waals surface area (Å²) in [7, 11) is 1.64. The molecule has 0 spiro atoms. The highest BCUT2D eigenvalue weighted by Gasteiger charge is 2.42. The molecule has 4 rings (SSSR count). The zero-order valence-electron chi connectivity index (χ0n) is 19.0. The molecule has 32 heavy (non-hydrogen) atoms. The summed E-state index contributed by atoms with van der Waals surface area (Å²) < 4.78 is 5.41. The smallest absolute Gasteiger partial charge is 0.136 e. The van der Waals surface area contributed by atoms with E-state index >= 15 is 0 Å². The minimum Gasteiger partial charge on any atom is -0.496 e. The zero-order chi connectivity index (χ0) is 23.0. The third-order valence-corrected chi connectivity index (χ3v) is 7.86. The van der Waals surface area contributed by atoms with Crippen molar-refractivity contribution in [2.75, 3.05) is 7.11 Å². The number of ether oxygens (including phenoxy) is 1. The number of hydrogen-bond acceptors (Lipinski definition) is 4. The van der Waals surface area contributed by atoms with Crippen molar-refractivity contribution in [3.8, 4) is 29.4 Å². The molecule has 1 aliphatic carbocycles. The van der Waals surface area contributed by atoms with Crippen molar-refractivity contribution in [2.45, 2.75) is 51.5 Å². The molecule has 166 valence electrons. The van der Waals surface area contributed by atoms with Crippen molar-refractivity contribution >= 4 is 22.9 Å². The lowest BCUT2D eigenvalue weighted by Crippen LogP contribution is -2.41. The fraction of sp³-hybridized carbons (Fsp3) is 0.370. The summed E-state index contributed by atoms with van der Waals surface area (Å²) in [5.74, 6) is 4.39. The number of benzene rings is 2. The third-order valence-electron chi connectivity index (χ3n) is 6.42. The van der Waals surface area contributed by atoms with Gasteiger partial charge in [-0.2, -0.15) is 0 Å². The number of methoxy groups -OCH3 is 1. The molecule has 1 heterocycles. The summed E-state index contributed by atoms with van der Waals surface area (Å²) in [4.78, 5) is 6.04. The maximum Gasteiger partial charge on any atom is 0.136 e. The molecule has 1 aromatic heterocycles. The van der Waals surface area contributed by atoms with Gasteiger partial charge in [-0.25, -0.2) is 4.98 Å². The summed E-state index contributed by atoms with van der Waals surface area (Å²) in [6, 6.07) is 12.4. The Kier molecular flexibility index (Phi) is 6.36. The second kappa shape index (κ2) is 8.90. The SMILES string of the molecule is C#CC(N)(c1nc(-c2cc(C)c(OC)cc2Cl)c(C)s1)[C@@H](CC1CC1)c1ccc(C)cc1. The fourth-order valence-electron chi connectivity index (χ4n) is 4.27. The van der Waals surface area contributed by atoms with Crippen LogP contribution in [0.3, 0.4) is 0 Å². The molecule has 2 N–H and O–H groups in total. The van der Waals surface area contributed by atoms with Crippen molar-refractivity contribution in [1.82, 2.24) is 4.98 Å². The number of halogens is 1. The summed E-state index contributed by atoms with van der Waals surface area (Å²) in [5.41, 5.74) is 11.2. The lowest BCUT2D eigenvalue weighted by Gasteiger charge is -2.32. The van der Waals surface area contributed by atoms with E-state index in [-0.39, 0.29) is 5.92 Å². The Balaban J connectivity index is 1.79. The zero-order valence-corrected chi connectivity index (χ0v) is 20.6. The van der Waals surface area contributed by atoms with Crippen LogP contribution in [0, 0.1) is 39.0 Å². The molecular weight excluding hydrogens is 436 g/mol. The third kappa shape index (κ3) is 4.30. The molecular formula is C27H29ClN2OS. The summed E-state index contributed by atoms with van der Waals surface area (Å²) in [6.07, 6.45) is 9.60. The molecule has 0 bridgehead atoms. The number of nitrogens with two attached hydrogens (primary N) is 1. The number of thiazole rings is 1. The second-order valence-electron chi connectivity index (χ2n) is 8.88. The lowest BCUT2D eigenvalue weighted by atomic mass is 9.77. The van der Waals surface area contributed by atoms with Gasteiger partial charge in [-0.05, 0) is 56.4 Å². The highest BCUT2D eigenvalue weighted by Crippen LogP contribution is 2.47. The molecule has 1 aliphatic rings. The van der Waals surface area contributed by atoms with Gasteiger partial charge >= 0.3 is 0 Å². The highest BCUT2D eigenvalue weighted by molar-refractivity contribution is 7.12. The molecule has 1 saturated carbocycles. The van der Waals surface area contributed by atoms with Crippen molar-refractivity contribution in [1.29, 1.82) is 0 Å². The maximum atomic E-state index is 7.04. The Morgan fingerprint density at radius 2 is 1.94 bits per heavy atom. The Morgan fingerprint density at radius 3 is 2.53 bits per heavy atom. The number of terminal acetylenes is 1. The predicted molar refractivity (Wildman–Crippen MR) is 135 cm³/mol. The Labute approximate surface area is 200 Å². The van der Waals surface area contributed by atoms with Gasteiger partial charge in [0.25, 0.3) is 0 Å². The molecule has 2 atom stereocenters. The molecule has 1 unspecified atom stereocenters. The van der Waals surface area contributed by atoms with E-state index < -0.39 is 5.54 Å². The molecule has 3 nitrogen and oxygen atoms in total. The average molecular weight is 465 g/mol. The first kappa shape index (κ1) is 22.9. The Bertz CT molecular complexity index is 1170. The van der Waals surface area contributed by atoms with Crippen molar-refractivity contribution < 1.29 is 4.74 Å². The van der Waals surface area contributed by atoms with Crippen LogP contribution in [0.5, 0.6) is 5.75 Å². The monoisotopic (exact) mass is 464 g/mol. The van der Waals surface area contributed by atoms with Gasteiger partial charge < -0.3 is 10.5 Å². The fourth-order valence-corrected chi connectivity index (χ4v) is 5.56. The minimum absolute atomic E-state index is 0.00655. The predicted octanol–water partition coefficient (Wildman–Crippen LogP) is 6.77. The quantitative estimate of drug-likeness (QED) is 0.392. The van der Waals surface area contributed by atoms with Crippen molar-refractivity contribution in [3.63, 3.8) is 0 Å². The van der Waals surface area contributed by atoms with Gasteiger partial charge in [0.05, 0.1) is 17.8 Å². The van der Waals surface area contributed by atoms with Gasteiger partial charge in [0.15, 0.2) is 0 Å². The van der Waals surface area contributed by atoms with Crippen LogP contribution in [0.1, 0.15) is 51.8 Å². The first-order valence-corrected chi connectivity index (χ1v) is 12.1. The molecule has 1 fully saturated rings. The lowest BCUT2D eigenvalue weighted by molar-refractivity contribution is 0.409. The highest BCUT2D eigenvalue weighted by atomic mass is 35.5. The molecule has 2 aromatic carbocycles. The molecule has 5 heteroatoms. The maximum absolute atomic E-state index is 7.04. The number of hydrogen-bond donors (Lipinski definition) is 1. The molecule has 3 aromatic rings. The van der Waals surface area contributed by atoms with Crippen LogP contribution in [-0.4, -0.2) is 12.1 Å². The van der Waals surface area contributed by atoms with Gasteiger partial charge in [-0.1, -0.05) is 60.2 Å². The molecule has 0 aliphatic heterocycles. The Hall–Kier alpha value is -2.32. The summed E-state index contributed by atoms with van der Waals surface area (Å²) in [6.45, 7) is 6.14. The molecule has 0 saturated heterocycles. The van der Waals surface area contributed by atoms with E-state index in [9.17, 15) is 0 Å². The second-order valence-corrected chi connectivity index (χ2v) is 10.5. The van der Waals surface area contributed by atoms with E-state index in [1.165, 1.54) is 24.0 Å². The van der Waals surface area contributed by atoms with E-state index in [0.29, 0.717) is 10.9 Å². The largest absolute Gasteiger partial charge is 0.496 e. The van der Waals surface area contributed by atoms with E-state index in [2.05, 4.69) is 37.1 Å². The molecule has 0 amide bonds. The van der Waals surface area contributed by atoms with Crippen LogP contribution in [-0.2, 0) is 5.54 Å². The standard InChI is InChI=1S/C27H29ClN2OS/c1-6-27(29,22(14-19-9-10-19)20-11-7-16(2)8-12-20)26-30-25(18(4)32-26)21-13-17(3)24(31-5)15-23(21)28/h1,7-8,11-13,15,19,22H,9-10,14,29H2,2-5H3/t22-,27?/m0/s1. The van der Waals surface area contributed by atoms with Crippen LogP contribution < -0.4 is 10.5 Å². The first-order chi connectivity index (χ1) is 15.3.